The Morgan fingerprint density at radius 2 is 0.959 bits per heavy atom. The molecule has 1 aliphatic heterocycles. The number of nitrogen functional groups attached to an aromatic ring is 1. The molecule has 7 aromatic rings. The van der Waals surface area contributed by atoms with Gasteiger partial charge in [-0.3, -0.25) is 0 Å². The second-order valence-corrected chi connectivity index (χ2v) is 11.9. The monoisotopic (exact) mass is 632 g/mol. The number of anilines is 1. The van der Waals surface area contributed by atoms with E-state index >= 15 is 0 Å². The average molecular weight is 633 g/mol. The lowest BCUT2D eigenvalue weighted by Gasteiger charge is -2.24. The quantitative estimate of drug-likeness (QED) is 0.172. The maximum Gasteiger partial charge on any atom is 0.160 e. The molecule has 0 aliphatic carbocycles. The van der Waals surface area contributed by atoms with Crippen molar-refractivity contribution in [2.75, 3.05) is 5.73 Å². The van der Waals surface area contributed by atoms with Crippen LogP contribution < -0.4 is 11.1 Å². The summed E-state index contributed by atoms with van der Waals surface area (Å²) in [6.07, 6.45) is -0.425. The zero-order valence-electron chi connectivity index (χ0n) is 26.6. The molecule has 6 heteroatoms. The van der Waals surface area contributed by atoms with Crippen molar-refractivity contribution in [3.8, 4) is 45.0 Å². The molecule has 234 valence electrons. The van der Waals surface area contributed by atoms with Crippen molar-refractivity contribution in [3.05, 3.63) is 187 Å². The van der Waals surface area contributed by atoms with Crippen LogP contribution in [0.5, 0.6) is 0 Å². The molecule has 8 rings (SSSR count). The lowest BCUT2D eigenvalue weighted by atomic mass is 10.0. The highest BCUT2D eigenvalue weighted by Gasteiger charge is 2.22. The van der Waals surface area contributed by atoms with E-state index in [4.69, 9.17) is 25.7 Å². The summed E-state index contributed by atoms with van der Waals surface area (Å²) in [4.78, 5) is 20.1. The number of hydrogen-bond donors (Lipinski definition) is 2. The number of rotatable bonds is 7. The predicted octanol–water partition coefficient (Wildman–Crippen LogP) is 9.22. The number of amidine groups is 2. The van der Waals surface area contributed by atoms with Crippen LogP contribution in [0.4, 0.5) is 5.69 Å². The van der Waals surface area contributed by atoms with E-state index in [-0.39, 0.29) is 0 Å². The summed E-state index contributed by atoms with van der Waals surface area (Å²) < 4.78 is 0. The fraction of sp³-hybridized carbons (Fsp3) is 0.0233. The largest absolute Gasteiger partial charge is 0.399 e. The third-order valence-electron chi connectivity index (χ3n) is 8.46. The van der Waals surface area contributed by atoms with Crippen LogP contribution in [-0.4, -0.2) is 21.6 Å². The van der Waals surface area contributed by atoms with Gasteiger partial charge in [0.05, 0.1) is 11.4 Å². The zero-order valence-corrected chi connectivity index (χ0v) is 26.6. The molecule has 49 heavy (non-hydrogen) atoms. The van der Waals surface area contributed by atoms with Crippen molar-refractivity contribution in [3.63, 3.8) is 0 Å². The summed E-state index contributed by atoms with van der Waals surface area (Å²) in [6.45, 7) is 0. The second kappa shape index (κ2) is 13.2. The lowest BCUT2D eigenvalue weighted by molar-refractivity contribution is 0.675. The first-order valence-corrected chi connectivity index (χ1v) is 16.2. The molecule has 0 spiro atoms. The van der Waals surface area contributed by atoms with Gasteiger partial charge in [-0.25, -0.2) is 20.0 Å². The summed E-state index contributed by atoms with van der Waals surface area (Å²) in [6, 6.07) is 57.1. The Kier molecular flexibility index (Phi) is 8.02. The molecule has 1 aromatic heterocycles. The topological polar surface area (TPSA) is 88.5 Å². The third kappa shape index (κ3) is 6.48. The summed E-state index contributed by atoms with van der Waals surface area (Å²) in [7, 11) is 0. The molecule has 0 fully saturated rings. The number of nitrogens with zero attached hydrogens (tertiary/aromatic N) is 4. The third-order valence-corrected chi connectivity index (χ3v) is 8.46. The standard InChI is InChI=1S/C43H32N6/c44-37-26-35(25-36(27-37)43-48-41(33-17-9-3-10-18-33)47-42(49-43)34-19-11-4-12-20-34)39-28-38(45-40(46-39)32-15-7-2-8-16-32)31-23-21-30(22-24-31)29-13-5-1-6-14-29/h1-28,43H,44H2,(H,47,48,49). The maximum atomic E-state index is 6.62. The van der Waals surface area contributed by atoms with Crippen LogP contribution in [-0.2, 0) is 0 Å². The molecule has 2 heterocycles. The van der Waals surface area contributed by atoms with Gasteiger partial charge in [-0.2, -0.15) is 0 Å². The van der Waals surface area contributed by atoms with Gasteiger partial charge in [0.15, 0.2) is 11.7 Å². The highest BCUT2D eigenvalue weighted by atomic mass is 15.2. The van der Waals surface area contributed by atoms with E-state index in [0.29, 0.717) is 17.3 Å². The number of nitrogens with one attached hydrogen (secondary N) is 1. The van der Waals surface area contributed by atoms with Crippen molar-refractivity contribution >= 4 is 17.4 Å². The number of nitrogens with two attached hydrogens (primary N) is 1. The summed E-state index contributed by atoms with van der Waals surface area (Å²) in [5, 5.41) is 3.56. The van der Waals surface area contributed by atoms with Crippen molar-refractivity contribution < 1.29 is 0 Å². The fourth-order valence-electron chi connectivity index (χ4n) is 5.98. The molecular formula is C43H32N6. The van der Waals surface area contributed by atoms with E-state index in [1.165, 1.54) is 5.56 Å². The first kappa shape index (κ1) is 29.7. The molecule has 0 saturated carbocycles. The van der Waals surface area contributed by atoms with E-state index in [9.17, 15) is 0 Å². The van der Waals surface area contributed by atoms with Gasteiger partial charge in [-0.1, -0.05) is 146 Å². The summed E-state index contributed by atoms with van der Waals surface area (Å²) in [5.41, 5.74) is 16.8. The van der Waals surface area contributed by atoms with Gasteiger partial charge >= 0.3 is 0 Å². The Morgan fingerprint density at radius 1 is 0.449 bits per heavy atom. The second-order valence-electron chi connectivity index (χ2n) is 11.9. The van der Waals surface area contributed by atoms with Gasteiger partial charge in [0.1, 0.15) is 12.0 Å². The molecule has 1 atom stereocenters. The van der Waals surface area contributed by atoms with Crippen molar-refractivity contribution in [2.45, 2.75) is 6.17 Å². The first-order valence-electron chi connectivity index (χ1n) is 16.2. The summed E-state index contributed by atoms with van der Waals surface area (Å²) >= 11 is 0. The molecule has 0 radical (unpaired) electrons. The van der Waals surface area contributed by atoms with Crippen LogP contribution >= 0.6 is 0 Å². The van der Waals surface area contributed by atoms with Crippen molar-refractivity contribution in [1.82, 2.24) is 15.3 Å². The number of aromatic nitrogens is 2. The van der Waals surface area contributed by atoms with Gasteiger partial charge in [-0.15, -0.1) is 0 Å². The molecular weight excluding hydrogens is 601 g/mol. The molecule has 1 unspecified atom stereocenters. The minimum absolute atomic E-state index is 0.425. The van der Waals surface area contributed by atoms with E-state index in [2.05, 4.69) is 59.9 Å². The van der Waals surface area contributed by atoms with Crippen molar-refractivity contribution in [2.24, 2.45) is 9.98 Å². The first-order chi connectivity index (χ1) is 24.2. The zero-order chi connectivity index (χ0) is 33.0. The molecule has 3 N–H and O–H groups in total. The Balaban J connectivity index is 1.21. The number of hydrogen-bond acceptors (Lipinski definition) is 6. The normalized spacial score (nSPS) is 14.0. The van der Waals surface area contributed by atoms with E-state index in [0.717, 1.165) is 56.2 Å². The number of aliphatic imine (C=N–C) groups is 2. The van der Waals surface area contributed by atoms with Crippen LogP contribution in [0.1, 0.15) is 22.9 Å². The molecule has 6 nitrogen and oxygen atoms in total. The van der Waals surface area contributed by atoms with E-state index in [1.54, 1.807) is 0 Å². The lowest BCUT2D eigenvalue weighted by Crippen LogP contribution is -2.33. The average Bonchev–Trinajstić information content (AvgIpc) is 3.19. The SMILES string of the molecule is Nc1cc(-c2cc(-c3ccc(-c4ccccc4)cc3)nc(-c3ccccc3)n2)cc(C2N=C(c3ccccc3)N=C(c3ccccc3)N2)c1. The minimum atomic E-state index is -0.425. The number of benzene rings is 6. The van der Waals surface area contributed by atoms with Gasteiger partial charge < -0.3 is 11.1 Å². The van der Waals surface area contributed by atoms with Crippen molar-refractivity contribution in [1.29, 1.82) is 0 Å². The molecule has 0 amide bonds. The van der Waals surface area contributed by atoms with E-state index in [1.807, 2.05) is 115 Å². The molecule has 0 saturated heterocycles. The molecule has 1 aliphatic rings. The highest BCUT2D eigenvalue weighted by Crippen LogP contribution is 2.33. The van der Waals surface area contributed by atoms with Gasteiger partial charge in [0, 0.05) is 33.5 Å². The minimum Gasteiger partial charge on any atom is -0.399 e. The smallest absolute Gasteiger partial charge is 0.160 e. The van der Waals surface area contributed by atoms with E-state index < -0.39 is 6.17 Å². The van der Waals surface area contributed by atoms with Crippen LogP contribution in [0, 0.1) is 0 Å². The van der Waals surface area contributed by atoms with Crippen LogP contribution in [0.15, 0.2) is 180 Å². The van der Waals surface area contributed by atoms with Crippen LogP contribution in [0.2, 0.25) is 0 Å². The maximum absolute atomic E-state index is 6.62. The Labute approximate surface area is 285 Å². The van der Waals surface area contributed by atoms with Gasteiger partial charge in [0.2, 0.25) is 0 Å². The Bertz CT molecular complexity index is 2280. The molecule has 0 bridgehead atoms. The summed E-state index contributed by atoms with van der Waals surface area (Å²) in [5.74, 6) is 2.04. The fourth-order valence-corrected chi connectivity index (χ4v) is 5.98. The van der Waals surface area contributed by atoms with Gasteiger partial charge in [-0.05, 0) is 41.0 Å². The Morgan fingerprint density at radius 3 is 1.59 bits per heavy atom. The highest BCUT2D eigenvalue weighted by molar-refractivity contribution is 6.13. The predicted molar refractivity (Wildman–Crippen MR) is 200 cm³/mol. The van der Waals surface area contributed by atoms with Crippen LogP contribution in [0.3, 0.4) is 0 Å². The van der Waals surface area contributed by atoms with Crippen LogP contribution in [0.25, 0.3) is 45.0 Å². The molecule has 6 aromatic carbocycles. The Hall–Kier alpha value is -6.66. The van der Waals surface area contributed by atoms with Gasteiger partial charge in [0.25, 0.3) is 0 Å².